The van der Waals surface area contributed by atoms with Gasteiger partial charge >= 0.3 is 0 Å². The van der Waals surface area contributed by atoms with E-state index in [9.17, 15) is 0 Å². The summed E-state index contributed by atoms with van der Waals surface area (Å²) < 4.78 is 10.1. The van der Waals surface area contributed by atoms with Crippen molar-refractivity contribution in [2.45, 2.75) is 51.3 Å². The van der Waals surface area contributed by atoms with Crippen LogP contribution in [0.15, 0.2) is 48.7 Å². The van der Waals surface area contributed by atoms with Crippen molar-refractivity contribution in [2.75, 3.05) is 23.1 Å². The molecular weight excluding hydrogens is 488 g/mol. The van der Waals surface area contributed by atoms with Gasteiger partial charge in [0.25, 0.3) is 0 Å². The summed E-state index contributed by atoms with van der Waals surface area (Å²) in [6.45, 7) is 10.6. The minimum Gasteiger partial charge on any atom is -0.437 e. The molecule has 0 radical (unpaired) electrons. The van der Waals surface area contributed by atoms with Gasteiger partial charge in [-0.25, -0.2) is 15.0 Å². The highest BCUT2D eigenvalue weighted by atomic mass is 32.2. The molecular formula is C27H32N6OS2. The zero-order valence-electron chi connectivity index (χ0n) is 21.1. The summed E-state index contributed by atoms with van der Waals surface area (Å²) in [7, 11) is 0. The number of benzene rings is 2. The monoisotopic (exact) mass is 520 g/mol. The quantitative estimate of drug-likeness (QED) is 0.228. The number of piperidine rings is 1. The smallest absolute Gasteiger partial charge is 0.240 e. The number of ether oxygens (including phenoxy) is 1. The first-order valence-corrected chi connectivity index (χ1v) is 13.9. The first kappa shape index (κ1) is 24.8. The number of thiazole rings is 1. The van der Waals surface area contributed by atoms with Crippen LogP contribution in [0.2, 0.25) is 0 Å². The van der Waals surface area contributed by atoms with Crippen LogP contribution in [0, 0.1) is 6.92 Å². The number of nitrogens with zero attached hydrogens (tertiary/aromatic N) is 3. The number of aromatic nitrogens is 3. The zero-order valence-corrected chi connectivity index (χ0v) is 22.7. The molecule has 188 valence electrons. The highest BCUT2D eigenvalue weighted by Crippen LogP contribution is 2.41. The van der Waals surface area contributed by atoms with Gasteiger partial charge in [0.15, 0.2) is 0 Å². The molecule has 0 spiro atoms. The van der Waals surface area contributed by atoms with E-state index in [1.54, 1.807) is 29.5 Å². The standard InChI is InChI=1S/C27H32N6OS2/c1-17-30-25(24(35-17)22-13-15-29-26(32-22)31-18-8-7-14-28-16-18)34-23-12-11-21(33-36-27(2,3)4)19-9-5-6-10-20(19)23/h5-6,9-13,15,18,28,33H,7-8,14,16H2,1-4H3,(H,29,31,32). The van der Waals surface area contributed by atoms with Gasteiger partial charge in [-0.15, -0.1) is 11.3 Å². The van der Waals surface area contributed by atoms with Crippen molar-refractivity contribution in [3.05, 3.63) is 53.7 Å². The second-order valence-corrected chi connectivity index (χ2v) is 12.7. The number of aryl methyl sites for hydroxylation is 1. The van der Waals surface area contributed by atoms with Crippen LogP contribution in [0.5, 0.6) is 11.6 Å². The number of hydrogen-bond acceptors (Lipinski definition) is 9. The van der Waals surface area contributed by atoms with E-state index in [4.69, 9.17) is 14.7 Å². The fraction of sp³-hybridized carbons (Fsp3) is 0.370. The Balaban J connectivity index is 1.43. The number of fused-ring (bicyclic) bond motifs is 1. The van der Waals surface area contributed by atoms with E-state index in [-0.39, 0.29) is 4.75 Å². The van der Waals surface area contributed by atoms with Crippen molar-refractivity contribution in [3.8, 4) is 22.2 Å². The summed E-state index contributed by atoms with van der Waals surface area (Å²) in [6.07, 6.45) is 4.06. The van der Waals surface area contributed by atoms with Gasteiger partial charge < -0.3 is 20.1 Å². The van der Waals surface area contributed by atoms with E-state index < -0.39 is 0 Å². The van der Waals surface area contributed by atoms with Gasteiger partial charge in [-0.1, -0.05) is 24.3 Å². The van der Waals surface area contributed by atoms with Gasteiger partial charge in [0.1, 0.15) is 10.6 Å². The molecule has 0 amide bonds. The van der Waals surface area contributed by atoms with Crippen LogP contribution < -0.4 is 20.1 Å². The molecule has 36 heavy (non-hydrogen) atoms. The summed E-state index contributed by atoms with van der Waals surface area (Å²) in [6, 6.07) is 14.6. The summed E-state index contributed by atoms with van der Waals surface area (Å²) >= 11 is 3.28. The summed E-state index contributed by atoms with van der Waals surface area (Å²) in [5, 5.41) is 9.95. The maximum atomic E-state index is 6.46. The summed E-state index contributed by atoms with van der Waals surface area (Å²) in [5.41, 5.74) is 1.87. The molecule has 3 heterocycles. The number of nitrogens with one attached hydrogen (secondary N) is 3. The van der Waals surface area contributed by atoms with Crippen molar-refractivity contribution in [3.63, 3.8) is 0 Å². The third-order valence-electron chi connectivity index (χ3n) is 5.78. The predicted octanol–water partition coefficient (Wildman–Crippen LogP) is 6.88. The molecule has 2 aromatic heterocycles. The third-order valence-corrected chi connectivity index (χ3v) is 7.69. The Morgan fingerprint density at radius 3 is 2.69 bits per heavy atom. The molecule has 7 nitrogen and oxygen atoms in total. The molecule has 3 N–H and O–H groups in total. The van der Waals surface area contributed by atoms with E-state index >= 15 is 0 Å². The molecule has 1 atom stereocenters. The van der Waals surface area contributed by atoms with E-state index in [0.29, 0.717) is 17.9 Å². The third kappa shape index (κ3) is 5.91. The molecule has 1 aliphatic heterocycles. The normalized spacial score (nSPS) is 16.2. The molecule has 1 aliphatic rings. The highest BCUT2D eigenvalue weighted by Gasteiger charge is 2.19. The average Bonchev–Trinajstić information content (AvgIpc) is 3.24. The van der Waals surface area contributed by atoms with Crippen molar-refractivity contribution in [1.82, 2.24) is 20.3 Å². The summed E-state index contributed by atoms with van der Waals surface area (Å²) in [4.78, 5) is 14.9. The van der Waals surface area contributed by atoms with Gasteiger partial charge in [-0.3, -0.25) is 0 Å². The van der Waals surface area contributed by atoms with E-state index in [2.05, 4.69) is 65.4 Å². The Bertz CT molecular complexity index is 1340. The number of hydrogen-bond donors (Lipinski definition) is 3. The Morgan fingerprint density at radius 2 is 1.92 bits per heavy atom. The van der Waals surface area contributed by atoms with Crippen LogP contribution in [0.3, 0.4) is 0 Å². The van der Waals surface area contributed by atoms with Gasteiger partial charge in [0.05, 0.1) is 16.4 Å². The van der Waals surface area contributed by atoms with E-state index in [1.807, 2.05) is 25.1 Å². The van der Waals surface area contributed by atoms with Crippen molar-refractivity contribution >= 4 is 45.7 Å². The molecule has 1 unspecified atom stereocenters. The lowest BCUT2D eigenvalue weighted by Crippen LogP contribution is -2.38. The fourth-order valence-corrected chi connectivity index (χ4v) is 5.52. The van der Waals surface area contributed by atoms with Crippen LogP contribution in [0.25, 0.3) is 21.3 Å². The minimum absolute atomic E-state index is 0.0993. The molecule has 9 heteroatoms. The van der Waals surface area contributed by atoms with Crippen LogP contribution in [0.4, 0.5) is 11.6 Å². The van der Waals surface area contributed by atoms with Gasteiger partial charge in [-0.2, -0.15) is 0 Å². The first-order valence-electron chi connectivity index (χ1n) is 12.3. The Morgan fingerprint density at radius 1 is 1.08 bits per heavy atom. The minimum atomic E-state index is 0.0993. The molecule has 2 aromatic carbocycles. The Hall–Kier alpha value is -2.88. The van der Waals surface area contributed by atoms with Gasteiger partial charge in [-0.05, 0) is 77.2 Å². The maximum absolute atomic E-state index is 6.46. The van der Waals surface area contributed by atoms with E-state index in [1.165, 1.54) is 0 Å². The molecule has 0 aliphatic carbocycles. The van der Waals surface area contributed by atoms with Crippen molar-refractivity contribution < 1.29 is 4.74 Å². The van der Waals surface area contributed by atoms with Crippen molar-refractivity contribution in [2.24, 2.45) is 0 Å². The van der Waals surface area contributed by atoms with Crippen LogP contribution in [-0.2, 0) is 0 Å². The molecule has 1 saturated heterocycles. The molecule has 0 saturated carbocycles. The van der Waals surface area contributed by atoms with Gasteiger partial charge in [0.2, 0.25) is 11.8 Å². The molecule has 5 rings (SSSR count). The maximum Gasteiger partial charge on any atom is 0.240 e. The average molecular weight is 521 g/mol. The lowest BCUT2D eigenvalue weighted by Gasteiger charge is -2.23. The lowest BCUT2D eigenvalue weighted by molar-refractivity contribution is 0.472. The molecule has 4 aromatic rings. The first-order chi connectivity index (χ1) is 17.4. The number of rotatable bonds is 7. The second kappa shape index (κ2) is 10.6. The topological polar surface area (TPSA) is 84.0 Å². The van der Waals surface area contributed by atoms with Crippen LogP contribution in [-0.4, -0.2) is 38.8 Å². The van der Waals surface area contributed by atoms with Crippen molar-refractivity contribution in [1.29, 1.82) is 0 Å². The Kier molecular flexibility index (Phi) is 7.32. The Labute approximate surface area is 220 Å². The van der Waals surface area contributed by atoms with Crippen LogP contribution >= 0.6 is 23.3 Å². The zero-order chi connectivity index (χ0) is 25.1. The van der Waals surface area contributed by atoms with Gasteiger partial charge in [0, 0.05) is 34.3 Å². The largest absolute Gasteiger partial charge is 0.437 e. The van der Waals surface area contributed by atoms with Crippen LogP contribution in [0.1, 0.15) is 38.6 Å². The molecule has 1 fully saturated rings. The fourth-order valence-electron chi connectivity index (χ4n) is 4.11. The second-order valence-electron chi connectivity index (χ2n) is 9.90. The highest BCUT2D eigenvalue weighted by molar-refractivity contribution is 8.01. The lowest BCUT2D eigenvalue weighted by atomic mass is 10.1. The summed E-state index contributed by atoms with van der Waals surface area (Å²) in [5.74, 6) is 1.97. The van der Waals surface area contributed by atoms with E-state index in [0.717, 1.165) is 63.7 Å². The SMILES string of the molecule is Cc1nc(Oc2ccc(NSC(C)(C)C)c3ccccc23)c(-c2ccnc(NC3CCCNC3)n2)s1. The number of anilines is 2. The predicted molar refractivity (Wildman–Crippen MR) is 152 cm³/mol. The molecule has 0 bridgehead atoms.